The number of hydrogen-bond donors (Lipinski definition) is 0. The Labute approximate surface area is 127 Å². The topological polar surface area (TPSA) is 17.8 Å². The number of rotatable bonds is 2. The number of aryl methyl sites for hydroxylation is 2. The van der Waals surface area contributed by atoms with E-state index in [9.17, 15) is 0 Å². The van der Waals surface area contributed by atoms with E-state index in [4.69, 9.17) is 0 Å². The molecule has 2 nitrogen and oxygen atoms in total. The van der Waals surface area contributed by atoms with Crippen LogP contribution in [0.5, 0.6) is 0 Å². The van der Waals surface area contributed by atoms with Crippen molar-refractivity contribution in [1.82, 2.24) is 9.78 Å². The van der Waals surface area contributed by atoms with E-state index in [0.717, 1.165) is 15.7 Å². The van der Waals surface area contributed by atoms with Gasteiger partial charge in [0.05, 0.1) is 11.9 Å². The summed E-state index contributed by atoms with van der Waals surface area (Å²) >= 11 is 3.49. The molecule has 0 bridgehead atoms. The van der Waals surface area contributed by atoms with Gasteiger partial charge in [-0.3, -0.25) is 0 Å². The molecule has 0 aliphatic heterocycles. The van der Waals surface area contributed by atoms with Gasteiger partial charge in [0.2, 0.25) is 0 Å². The summed E-state index contributed by atoms with van der Waals surface area (Å²) in [5, 5.41) is 4.48. The maximum Gasteiger partial charge on any atom is 0.0675 e. The highest BCUT2D eigenvalue weighted by molar-refractivity contribution is 9.10. The highest BCUT2D eigenvalue weighted by Gasteiger charge is 2.06. The molecule has 0 amide bonds. The maximum atomic E-state index is 4.48. The molecule has 100 valence electrons. The van der Waals surface area contributed by atoms with Gasteiger partial charge in [-0.15, -0.1) is 0 Å². The van der Waals surface area contributed by atoms with Crippen LogP contribution in [-0.2, 0) is 0 Å². The highest BCUT2D eigenvalue weighted by Crippen LogP contribution is 2.23. The average Bonchev–Trinajstić information content (AvgIpc) is 2.89. The Bertz CT molecular complexity index is 742. The van der Waals surface area contributed by atoms with Crippen LogP contribution < -0.4 is 0 Å². The molecule has 0 atom stereocenters. The zero-order valence-corrected chi connectivity index (χ0v) is 13.1. The second-order valence-electron chi connectivity index (χ2n) is 4.97. The van der Waals surface area contributed by atoms with Crippen LogP contribution in [0.15, 0.2) is 59.3 Å². The van der Waals surface area contributed by atoms with Gasteiger partial charge in [0.25, 0.3) is 0 Å². The first-order chi connectivity index (χ1) is 9.63. The molecule has 0 unspecified atom stereocenters. The molecular weight excluding hydrogens is 312 g/mol. The van der Waals surface area contributed by atoms with Gasteiger partial charge in [0, 0.05) is 16.2 Å². The molecule has 0 fully saturated rings. The van der Waals surface area contributed by atoms with E-state index in [0.29, 0.717) is 0 Å². The Morgan fingerprint density at radius 1 is 0.950 bits per heavy atom. The Morgan fingerprint density at radius 3 is 2.40 bits per heavy atom. The molecule has 0 radical (unpaired) electrons. The zero-order chi connectivity index (χ0) is 14.1. The van der Waals surface area contributed by atoms with Crippen molar-refractivity contribution in [2.24, 2.45) is 0 Å². The predicted molar refractivity (Wildman–Crippen MR) is 86.2 cm³/mol. The van der Waals surface area contributed by atoms with Crippen molar-refractivity contribution in [1.29, 1.82) is 0 Å². The molecular formula is C17H15BrN2. The van der Waals surface area contributed by atoms with Crippen LogP contribution in [0.1, 0.15) is 11.1 Å². The first kappa shape index (κ1) is 13.1. The number of hydrogen-bond acceptors (Lipinski definition) is 1. The summed E-state index contributed by atoms with van der Waals surface area (Å²) in [7, 11) is 0. The molecule has 1 aromatic heterocycles. The van der Waals surface area contributed by atoms with Crippen molar-refractivity contribution < 1.29 is 0 Å². The van der Waals surface area contributed by atoms with E-state index in [1.807, 2.05) is 16.9 Å². The fourth-order valence-electron chi connectivity index (χ4n) is 2.23. The predicted octanol–water partition coefficient (Wildman–Crippen LogP) is 4.92. The number of halogens is 1. The van der Waals surface area contributed by atoms with Gasteiger partial charge in [-0.2, -0.15) is 5.10 Å². The zero-order valence-electron chi connectivity index (χ0n) is 11.5. The fourth-order valence-corrected chi connectivity index (χ4v) is 2.70. The largest absolute Gasteiger partial charge is 0.240 e. The standard InChI is InChI=1S/C17H15BrN2/c1-12-3-5-14(6-4-12)15-10-19-20(11-15)17-8-7-16(18)9-13(17)2/h3-11H,1-2H3. The number of nitrogens with zero attached hydrogens (tertiary/aromatic N) is 2. The minimum Gasteiger partial charge on any atom is -0.240 e. The molecule has 3 aromatic rings. The molecule has 1 heterocycles. The summed E-state index contributed by atoms with van der Waals surface area (Å²) in [6, 6.07) is 14.7. The van der Waals surface area contributed by atoms with Gasteiger partial charge in [-0.25, -0.2) is 4.68 Å². The van der Waals surface area contributed by atoms with Crippen LogP contribution in [0.3, 0.4) is 0 Å². The quantitative estimate of drug-likeness (QED) is 0.653. The van der Waals surface area contributed by atoms with Crippen LogP contribution in [0, 0.1) is 13.8 Å². The second kappa shape index (κ2) is 5.25. The van der Waals surface area contributed by atoms with E-state index in [1.165, 1.54) is 16.7 Å². The molecule has 0 N–H and O–H groups in total. The molecule has 2 aromatic carbocycles. The van der Waals surface area contributed by atoms with E-state index in [1.54, 1.807) is 0 Å². The third-order valence-electron chi connectivity index (χ3n) is 3.37. The fraction of sp³-hybridized carbons (Fsp3) is 0.118. The van der Waals surface area contributed by atoms with Gasteiger partial charge in [0.1, 0.15) is 0 Å². The summed E-state index contributed by atoms with van der Waals surface area (Å²) in [6.07, 6.45) is 3.98. The molecule has 3 heteroatoms. The smallest absolute Gasteiger partial charge is 0.0675 e. The Balaban J connectivity index is 1.99. The lowest BCUT2D eigenvalue weighted by Crippen LogP contribution is -1.96. The van der Waals surface area contributed by atoms with Gasteiger partial charge in [-0.1, -0.05) is 45.8 Å². The van der Waals surface area contributed by atoms with Gasteiger partial charge >= 0.3 is 0 Å². The molecule has 20 heavy (non-hydrogen) atoms. The lowest BCUT2D eigenvalue weighted by Gasteiger charge is -2.05. The lowest BCUT2D eigenvalue weighted by molar-refractivity contribution is 0.872. The Hall–Kier alpha value is -1.87. The molecule has 0 aliphatic rings. The van der Waals surface area contributed by atoms with Crippen molar-refractivity contribution in [2.45, 2.75) is 13.8 Å². The molecule has 0 saturated carbocycles. The van der Waals surface area contributed by atoms with Gasteiger partial charge in [0.15, 0.2) is 0 Å². The van der Waals surface area contributed by atoms with E-state index >= 15 is 0 Å². The summed E-state index contributed by atoms with van der Waals surface area (Å²) in [5.41, 5.74) is 5.89. The first-order valence-electron chi connectivity index (χ1n) is 6.52. The van der Waals surface area contributed by atoms with Crippen molar-refractivity contribution >= 4 is 15.9 Å². The third kappa shape index (κ3) is 2.54. The van der Waals surface area contributed by atoms with Gasteiger partial charge < -0.3 is 0 Å². The van der Waals surface area contributed by atoms with Crippen LogP contribution in [0.25, 0.3) is 16.8 Å². The van der Waals surface area contributed by atoms with Crippen molar-refractivity contribution in [2.75, 3.05) is 0 Å². The van der Waals surface area contributed by atoms with Crippen LogP contribution in [0.4, 0.5) is 0 Å². The summed E-state index contributed by atoms with van der Waals surface area (Å²) in [5.74, 6) is 0. The van der Waals surface area contributed by atoms with Crippen LogP contribution in [0.2, 0.25) is 0 Å². The summed E-state index contributed by atoms with van der Waals surface area (Å²) in [4.78, 5) is 0. The minimum absolute atomic E-state index is 1.09. The van der Waals surface area contributed by atoms with Crippen molar-refractivity contribution in [3.05, 3.63) is 70.5 Å². The number of benzene rings is 2. The number of aromatic nitrogens is 2. The lowest BCUT2D eigenvalue weighted by atomic mass is 10.1. The first-order valence-corrected chi connectivity index (χ1v) is 7.31. The van der Waals surface area contributed by atoms with Crippen LogP contribution >= 0.6 is 15.9 Å². The monoisotopic (exact) mass is 326 g/mol. The molecule has 0 aliphatic carbocycles. The van der Waals surface area contributed by atoms with Gasteiger partial charge in [-0.05, 0) is 43.2 Å². The normalized spacial score (nSPS) is 10.8. The highest BCUT2D eigenvalue weighted by atomic mass is 79.9. The van der Waals surface area contributed by atoms with E-state index in [-0.39, 0.29) is 0 Å². The van der Waals surface area contributed by atoms with Crippen LogP contribution in [-0.4, -0.2) is 9.78 Å². The Morgan fingerprint density at radius 2 is 1.70 bits per heavy atom. The SMILES string of the molecule is Cc1ccc(-c2cnn(-c3ccc(Br)cc3C)c2)cc1. The summed E-state index contributed by atoms with van der Waals surface area (Å²) < 4.78 is 3.02. The summed E-state index contributed by atoms with van der Waals surface area (Å²) in [6.45, 7) is 4.19. The minimum atomic E-state index is 1.09. The van der Waals surface area contributed by atoms with Crippen molar-refractivity contribution in [3.8, 4) is 16.8 Å². The van der Waals surface area contributed by atoms with E-state index < -0.39 is 0 Å². The second-order valence-corrected chi connectivity index (χ2v) is 5.89. The third-order valence-corrected chi connectivity index (χ3v) is 3.87. The van der Waals surface area contributed by atoms with E-state index in [2.05, 4.69) is 77.5 Å². The average molecular weight is 327 g/mol. The molecule has 3 rings (SSSR count). The molecule has 0 saturated heterocycles. The Kier molecular flexibility index (Phi) is 3.45. The molecule has 0 spiro atoms. The van der Waals surface area contributed by atoms with Crippen molar-refractivity contribution in [3.63, 3.8) is 0 Å². The maximum absolute atomic E-state index is 4.48.